The van der Waals surface area contributed by atoms with Crippen LogP contribution in [0.15, 0.2) is 48.5 Å². The molecule has 2 aromatic carbocycles. The second-order valence-corrected chi connectivity index (χ2v) is 7.91. The highest BCUT2D eigenvalue weighted by Gasteiger charge is 2.33. The summed E-state index contributed by atoms with van der Waals surface area (Å²) in [6.45, 7) is 3.29. The lowest BCUT2D eigenvalue weighted by molar-refractivity contribution is -0.0479. The number of likely N-dealkylation sites (N-methyl/N-ethyl adjacent to an activating group) is 1. The number of likely N-dealkylation sites (tertiary alicyclic amines) is 1. The van der Waals surface area contributed by atoms with Crippen LogP contribution in [-0.2, 0) is 6.54 Å². The monoisotopic (exact) mass is 374 g/mol. The van der Waals surface area contributed by atoms with Crippen molar-refractivity contribution in [1.82, 2.24) is 9.80 Å². The molecule has 1 heterocycles. The van der Waals surface area contributed by atoms with Crippen LogP contribution in [0.2, 0.25) is 5.02 Å². The van der Waals surface area contributed by atoms with E-state index in [1.54, 1.807) is 0 Å². The van der Waals surface area contributed by atoms with Crippen LogP contribution < -0.4 is 4.74 Å². The molecule has 140 valence electrons. The lowest BCUT2D eigenvalue weighted by Crippen LogP contribution is -2.52. The predicted molar refractivity (Wildman–Crippen MR) is 106 cm³/mol. The number of benzene rings is 2. The molecule has 3 rings (SSSR count). The minimum absolute atomic E-state index is 0.612. The van der Waals surface area contributed by atoms with Gasteiger partial charge in [0.15, 0.2) is 0 Å². The van der Waals surface area contributed by atoms with E-state index in [2.05, 4.69) is 21.9 Å². The lowest BCUT2D eigenvalue weighted by atomic mass is 9.92. The number of ether oxygens (including phenoxy) is 1. The Labute approximate surface area is 160 Å². The van der Waals surface area contributed by atoms with Crippen LogP contribution in [0.25, 0.3) is 0 Å². The SMILES string of the molecule is CN(C)CC1(O)CCCN(Cc2ccc(Oc3ccc(Cl)cc3)cc2)C1. The Balaban J connectivity index is 1.57. The van der Waals surface area contributed by atoms with Crippen molar-refractivity contribution >= 4 is 11.6 Å². The van der Waals surface area contributed by atoms with Gasteiger partial charge < -0.3 is 14.7 Å². The Morgan fingerprint density at radius 1 is 1.08 bits per heavy atom. The Kier molecular flexibility index (Phi) is 6.20. The summed E-state index contributed by atoms with van der Waals surface area (Å²) < 4.78 is 5.84. The standard InChI is InChI=1S/C21H27ClN2O2/c1-23(2)15-21(25)12-3-13-24(16-21)14-17-4-8-19(9-5-17)26-20-10-6-18(22)7-11-20/h4-11,25H,3,12-16H2,1-2H3. The molecule has 0 amide bonds. The van der Waals surface area contributed by atoms with Gasteiger partial charge in [-0.3, -0.25) is 4.90 Å². The van der Waals surface area contributed by atoms with Gasteiger partial charge in [-0.2, -0.15) is 0 Å². The van der Waals surface area contributed by atoms with Crippen LogP contribution in [0.1, 0.15) is 18.4 Å². The maximum Gasteiger partial charge on any atom is 0.127 e. The average Bonchev–Trinajstić information content (AvgIpc) is 2.58. The number of halogens is 1. The smallest absolute Gasteiger partial charge is 0.127 e. The van der Waals surface area contributed by atoms with Crippen molar-refractivity contribution in [3.8, 4) is 11.5 Å². The molecule has 1 unspecified atom stereocenters. The van der Waals surface area contributed by atoms with Gasteiger partial charge >= 0.3 is 0 Å². The molecule has 4 nitrogen and oxygen atoms in total. The molecule has 0 spiro atoms. The summed E-state index contributed by atoms with van der Waals surface area (Å²) in [4.78, 5) is 4.40. The Hall–Kier alpha value is -1.59. The van der Waals surface area contributed by atoms with E-state index in [1.807, 2.05) is 50.5 Å². The highest BCUT2D eigenvalue weighted by Crippen LogP contribution is 2.26. The van der Waals surface area contributed by atoms with E-state index in [1.165, 1.54) is 5.56 Å². The first-order chi connectivity index (χ1) is 12.4. The molecule has 1 N–H and O–H groups in total. The topological polar surface area (TPSA) is 35.9 Å². The first-order valence-corrected chi connectivity index (χ1v) is 9.42. The van der Waals surface area contributed by atoms with Gasteiger partial charge in [-0.25, -0.2) is 0 Å². The number of nitrogens with zero attached hydrogens (tertiary/aromatic N) is 2. The third kappa shape index (κ3) is 5.45. The van der Waals surface area contributed by atoms with E-state index in [4.69, 9.17) is 16.3 Å². The molecule has 0 aromatic heterocycles. The lowest BCUT2D eigenvalue weighted by Gasteiger charge is -2.40. The Morgan fingerprint density at radius 3 is 2.31 bits per heavy atom. The minimum atomic E-state index is -0.612. The third-order valence-corrected chi connectivity index (χ3v) is 4.88. The summed E-state index contributed by atoms with van der Waals surface area (Å²) in [6, 6.07) is 15.5. The van der Waals surface area contributed by atoms with Crippen molar-refractivity contribution in [3.63, 3.8) is 0 Å². The van der Waals surface area contributed by atoms with Crippen molar-refractivity contribution in [2.45, 2.75) is 25.0 Å². The van der Waals surface area contributed by atoms with Crippen LogP contribution in [0.3, 0.4) is 0 Å². The highest BCUT2D eigenvalue weighted by atomic mass is 35.5. The van der Waals surface area contributed by atoms with E-state index >= 15 is 0 Å². The molecule has 0 radical (unpaired) electrons. The first-order valence-electron chi connectivity index (χ1n) is 9.04. The fourth-order valence-corrected chi connectivity index (χ4v) is 3.74. The second-order valence-electron chi connectivity index (χ2n) is 7.48. The van der Waals surface area contributed by atoms with Gasteiger partial charge in [0.2, 0.25) is 0 Å². The first kappa shape index (κ1) is 19.2. The molecule has 0 bridgehead atoms. The van der Waals surface area contributed by atoms with Crippen molar-refractivity contribution < 1.29 is 9.84 Å². The van der Waals surface area contributed by atoms with Crippen LogP contribution in [0.5, 0.6) is 11.5 Å². The van der Waals surface area contributed by atoms with Gasteiger partial charge in [-0.05, 0) is 75.4 Å². The molecule has 26 heavy (non-hydrogen) atoms. The molecular weight excluding hydrogens is 348 g/mol. The fourth-order valence-electron chi connectivity index (χ4n) is 3.62. The van der Waals surface area contributed by atoms with Gasteiger partial charge in [0.1, 0.15) is 11.5 Å². The number of aliphatic hydroxyl groups is 1. The van der Waals surface area contributed by atoms with E-state index in [-0.39, 0.29) is 0 Å². The molecule has 1 atom stereocenters. The zero-order valence-electron chi connectivity index (χ0n) is 15.5. The summed E-state index contributed by atoms with van der Waals surface area (Å²) in [5.41, 5.74) is 0.613. The number of rotatable bonds is 6. The molecular formula is C21H27ClN2O2. The van der Waals surface area contributed by atoms with E-state index in [0.717, 1.165) is 37.4 Å². The zero-order valence-corrected chi connectivity index (χ0v) is 16.2. The molecule has 1 saturated heterocycles. The van der Waals surface area contributed by atoms with Crippen molar-refractivity contribution in [1.29, 1.82) is 0 Å². The van der Waals surface area contributed by atoms with Gasteiger partial charge in [-0.1, -0.05) is 23.7 Å². The number of hydrogen-bond acceptors (Lipinski definition) is 4. The predicted octanol–water partition coefficient (Wildman–Crippen LogP) is 4.02. The molecule has 1 aliphatic heterocycles. The number of β-amino-alcohol motifs (C(OH)–C–C–N with tert-alkyl or cyclic N) is 1. The zero-order chi connectivity index (χ0) is 18.6. The van der Waals surface area contributed by atoms with Crippen molar-refractivity contribution in [2.24, 2.45) is 0 Å². The molecule has 5 heteroatoms. The largest absolute Gasteiger partial charge is 0.457 e. The summed E-state index contributed by atoms with van der Waals surface area (Å²) in [5, 5.41) is 11.5. The fraction of sp³-hybridized carbons (Fsp3) is 0.429. The van der Waals surface area contributed by atoms with E-state index in [9.17, 15) is 5.11 Å². The van der Waals surface area contributed by atoms with Gasteiger partial charge in [0.05, 0.1) is 5.60 Å². The minimum Gasteiger partial charge on any atom is -0.457 e. The summed E-state index contributed by atoms with van der Waals surface area (Å²) in [7, 11) is 4.02. The van der Waals surface area contributed by atoms with Crippen LogP contribution in [0.4, 0.5) is 0 Å². The third-order valence-electron chi connectivity index (χ3n) is 4.62. The van der Waals surface area contributed by atoms with Gasteiger partial charge in [0.25, 0.3) is 0 Å². The number of piperidine rings is 1. The van der Waals surface area contributed by atoms with Gasteiger partial charge in [-0.15, -0.1) is 0 Å². The van der Waals surface area contributed by atoms with Crippen molar-refractivity contribution in [2.75, 3.05) is 33.7 Å². The second kappa shape index (κ2) is 8.40. The summed E-state index contributed by atoms with van der Waals surface area (Å²) >= 11 is 5.90. The maximum absolute atomic E-state index is 10.8. The molecule has 0 saturated carbocycles. The van der Waals surface area contributed by atoms with E-state index < -0.39 is 5.60 Å². The maximum atomic E-state index is 10.8. The molecule has 2 aromatic rings. The number of hydrogen-bond donors (Lipinski definition) is 1. The van der Waals surface area contributed by atoms with Crippen LogP contribution in [-0.4, -0.2) is 54.2 Å². The Morgan fingerprint density at radius 2 is 1.69 bits per heavy atom. The summed E-state index contributed by atoms with van der Waals surface area (Å²) in [6.07, 6.45) is 1.90. The Bertz CT molecular complexity index is 703. The molecule has 1 aliphatic rings. The van der Waals surface area contributed by atoms with Gasteiger partial charge in [0, 0.05) is 24.7 Å². The van der Waals surface area contributed by atoms with Crippen molar-refractivity contribution in [3.05, 3.63) is 59.1 Å². The highest BCUT2D eigenvalue weighted by molar-refractivity contribution is 6.30. The van der Waals surface area contributed by atoms with Crippen LogP contribution >= 0.6 is 11.6 Å². The summed E-state index contributed by atoms with van der Waals surface area (Å²) in [5.74, 6) is 1.57. The average molecular weight is 375 g/mol. The molecule has 1 fully saturated rings. The normalized spacial score (nSPS) is 21.1. The van der Waals surface area contributed by atoms with E-state index in [0.29, 0.717) is 18.1 Å². The van der Waals surface area contributed by atoms with Crippen LogP contribution in [0, 0.1) is 0 Å². The quantitative estimate of drug-likeness (QED) is 0.828. The molecule has 0 aliphatic carbocycles.